The molecule has 0 aliphatic carbocycles. The summed E-state index contributed by atoms with van der Waals surface area (Å²) in [5.74, 6) is 2.22. The first-order chi connectivity index (χ1) is 7.72. The van der Waals surface area contributed by atoms with Gasteiger partial charge in [-0.05, 0) is 27.7 Å². The molecule has 1 rings (SSSR count). The SMILES string of the molecule is O=C(/C=C/c1ccc(Cl)cc1)OCC#CI. The maximum absolute atomic E-state index is 11.2. The van der Waals surface area contributed by atoms with Crippen LogP contribution in [0.2, 0.25) is 5.02 Å². The second-order valence-corrected chi connectivity index (χ2v) is 3.74. The molecule has 0 fully saturated rings. The number of esters is 1. The van der Waals surface area contributed by atoms with E-state index in [0.29, 0.717) is 5.02 Å². The fourth-order valence-corrected chi connectivity index (χ4v) is 1.20. The van der Waals surface area contributed by atoms with Crippen LogP contribution in [0.25, 0.3) is 6.08 Å². The van der Waals surface area contributed by atoms with Crippen LogP contribution in [0.1, 0.15) is 5.56 Å². The molecule has 0 aromatic heterocycles. The summed E-state index contributed by atoms with van der Waals surface area (Å²) in [7, 11) is 0. The van der Waals surface area contributed by atoms with Gasteiger partial charge in [-0.3, -0.25) is 0 Å². The molecule has 0 atom stereocenters. The van der Waals surface area contributed by atoms with Crippen molar-refractivity contribution in [3.63, 3.8) is 0 Å². The van der Waals surface area contributed by atoms with E-state index in [0.717, 1.165) is 5.56 Å². The molecule has 0 amide bonds. The molecule has 4 heteroatoms. The second-order valence-electron chi connectivity index (χ2n) is 2.76. The quantitative estimate of drug-likeness (QED) is 0.363. The molecule has 0 unspecified atom stereocenters. The lowest BCUT2D eigenvalue weighted by atomic mass is 10.2. The average Bonchev–Trinajstić information content (AvgIpc) is 2.29. The zero-order chi connectivity index (χ0) is 11.8. The van der Waals surface area contributed by atoms with E-state index in [-0.39, 0.29) is 6.61 Å². The largest absolute Gasteiger partial charge is 0.449 e. The first kappa shape index (κ1) is 13.1. The van der Waals surface area contributed by atoms with Crippen LogP contribution < -0.4 is 0 Å². The third kappa shape index (κ3) is 5.19. The molecule has 0 aliphatic heterocycles. The minimum atomic E-state index is -0.408. The first-order valence-electron chi connectivity index (χ1n) is 4.41. The van der Waals surface area contributed by atoms with Crippen molar-refractivity contribution >= 4 is 46.2 Å². The van der Waals surface area contributed by atoms with Crippen LogP contribution in [0, 0.1) is 9.85 Å². The number of carbonyl (C=O) groups excluding carboxylic acids is 1. The second kappa shape index (κ2) is 7.31. The van der Waals surface area contributed by atoms with Gasteiger partial charge in [0.1, 0.15) is 0 Å². The Kier molecular flexibility index (Phi) is 5.98. The van der Waals surface area contributed by atoms with Crippen molar-refractivity contribution in [2.24, 2.45) is 0 Å². The molecule has 82 valence electrons. The van der Waals surface area contributed by atoms with Gasteiger partial charge in [0.2, 0.25) is 0 Å². The molecule has 0 spiro atoms. The van der Waals surface area contributed by atoms with Gasteiger partial charge < -0.3 is 4.74 Å². The number of halogens is 2. The lowest BCUT2D eigenvalue weighted by Crippen LogP contribution is -1.99. The number of benzene rings is 1. The Morgan fingerprint density at radius 3 is 2.75 bits per heavy atom. The minimum absolute atomic E-state index is 0.118. The first-order valence-corrected chi connectivity index (χ1v) is 5.87. The molecule has 0 radical (unpaired) electrons. The fraction of sp³-hybridized carbons (Fsp3) is 0.0833. The van der Waals surface area contributed by atoms with E-state index in [4.69, 9.17) is 16.3 Å². The normalized spacial score (nSPS) is 9.62. The summed E-state index contributed by atoms with van der Waals surface area (Å²) < 4.78 is 7.40. The van der Waals surface area contributed by atoms with Crippen molar-refractivity contribution in [1.29, 1.82) is 0 Å². The molecule has 0 N–H and O–H groups in total. The molecular formula is C12H8ClIO2. The van der Waals surface area contributed by atoms with Crippen molar-refractivity contribution in [2.75, 3.05) is 6.61 Å². The van der Waals surface area contributed by atoms with Gasteiger partial charge in [-0.1, -0.05) is 29.7 Å². The van der Waals surface area contributed by atoms with Crippen LogP contribution in [0.5, 0.6) is 0 Å². The number of carbonyl (C=O) groups is 1. The van der Waals surface area contributed by atoms with Crippen LogP contribution >= 0.6 is 34.2 Å². The Hall–Kier alpha value is -0.990. The predicted molar refractivity (Wildman–Crippen MR) is 73.2 cm³/mol. The molecule has 1 aromatic rings. The highest BCUT2D eigenvalue weighted by molar-refractivity contribution is 14.1. The maximum atomic E-state index is 11.2. The number of hydrogen-bond donors (Lipinski definition) is 0. The van der Waals surface area contributed by atoms with Gasteiger partial charge in [0.25, 0.3) is 0 Å². The van der Waals surface area contributed by atoms with Crippen LogP contribution in [0.4, 0.5) is 0 Å². The van der Waals surface area contributed by atoms with Crippen molar-refractivity contribution in [3.05, 3.63) is 40.9 Å². The van der Waals surface area contributed by atoms with Gasteiger partial charge in [-0.15, -0.1) is 0 Å². The minimum Gasteiger partial charge on any atom is -0.449 e. The van der Waals surface area contributed by atoms with Gasteiger partial charge in [0, 0.05) is 33.7 Å². The summed E-state index contributed by atoms with van der Waals surface area (Å²) in [4.78, 5) is 11.2. The highest BCUT2D eigenvalue weighted by atomic mass is 127. The Morgan fingerprint density at radius 2 is 2.12 bits per heavy atom. The van der Waals surface area contributed by atoms with E-state index in [9.17, 15) is 4.79 Å². The highest BCUT2D eigenvalue weighted by Gasteiger charge is 1.94. The average molecular weight is 347 g/mol. The summed E-state index contributed by atoms with van der Waals surface area (Å²) in [5, 5.41) is 0.664. The molecule has 0 saturated carbocycles. The molecule has 16 heavy (non-hydrogen) atoms. The van der Waals surface area contributed by atoms with Gasteiger partial charge in [-0.2, -0.15) is 0 Å². The molecule has 0 heterocycles. The molecule has 0 bridgehead atoms. The van der Waals surface area contributed by atoms with Crippen molar-refractivity contribution in [2.45, 2.75) is 0 Å². The Labute approximate surface area is 113 Å². The van der Waals surface area contributed by atoms with Crippen molar-refractivity contribution < 1.29 is 9.53 Å². The van der Waals surface area contributed by atoms with E-state index >= 15 is 0 Å². The van der Waals surface area contributed by atoms with E-state index in [1.807, 2.05) is 34.7 Å². The van der Waals surface area contributed by atoms with E-state index < -0.39 is 5.97 Å². The summed E-state index contributed by atoms with van der Waals surface area (Å²) >= 11 is 7.61. The number of rotatable bonds is 3. The van der Waals surface area contributed by atoms with E-state index in [1.165, 1.54) is 6.08 Å². The molecule has 0 saturated heterocycles. The molecular weight excluding hydrogens is 338 g/mol. The van der Waals surface area contributed by atoms with E-state index in [2.05, 4.69) is 9.85 Å². The molecule has 1 aromatic carbocycles. The van der Waals surface area contributed by atoms with Crippen LogP contribution in [-0.4, -0.2) is 12.6 Å². The maximum Gasteiger partial charge on any atom is 0.331 e. The van der Waals surface area contributed by atoms with Crippen LogP contribution in [-0.2, 0) is 9.53 Å². The zero-order valence-electron chi connectivity index (χ0n) is 8.24. The van der Waals surface area contributed by atoms with Crippen molar-refractivity contribution in [1.82, 2.24) is 0 Å². The predicted octanol–water partition coefficient (Wildman–Crippen LogP) is 3.29. The highest BCUT2D eigenvalue weighted by Crippen LogP contribution is 2.10. The standard InChI is InChI=1S/C12H8ClIO2/c13-11-5-2-10(3-6-11)4-7-12(15)16-9-1-8-14/h2-7H,9H2/b7-4+. The van der Waals surface area contributed by atoms with E-state index in [1.54, 1.807) is 18.2 Å². The zero-order valence-corrected chi connectivity index (χ0v) is 11.2. The van der Waals surface area contributed by atoms with Gasteiger partial charge in [0.05, 0.1) is 0 Å². The van der Waals surface area contributed by atoms with Gasteiger partial charge in [-0.25, -0.2) is 4.79 Å². The van der Waals surface area contributed by atoms with Gasteiger partial charge >= 0.3 is 5.97 Å². The molecule has 2 nitrogen and oxygen atoms in total. The Bertz CT molecular complexity index is 440. The Balaban J connectivity index is 2.49. The topological polar surface area (TPSA) is 26.3 Å². The Morgan fingerprint density at radius 1 is 1.44 bits per heavy atom. The third-order valence-electron chi connectivity index (χ3n) is 1.64. The van der Waals surface area contributed by atoms with Gasteiger partial charge in [0.15, 0.2) is 6.61 Å². The van der Waals surface area contributed by atoms with Crippen LogP contribution in [0.3, 0.4) is 0 Å². The lowest BCUT2D eigenvalue weighted by molar-refractivity contribution is -0.136. The van der Waals surface area contributed by atoms with Crippen molar-refractivity contribution in [3.8, 4) is 9.85 Å². The smallest absolute Gasteiger partial charge is 0.331 e. The summed E-state index contributed by atoms with van der Waals surface area (Å²) in [6.07, 6.45) is 3.02. The third-order valence-corrected chi connectivity index (χ3v) is 2.27. The van der Waals surface area contributed by atoms with Crippen LogP contribution in [0.15, 0.2) is 30.3 Å². The summed E-state index contributed by atoms with van der Waals surface area (Å²) in [6.45, 7) is 0.118. The lowest BCUT2D eigenvalue weighted by Gasteiger charge is -1.95. The molecule has 0 aliphatic rings. The number of hydrogen-bond acceptors (Lipinski definition) is 2. The number of ether oxygens (including phenoxy) is 1. The summed E-state index contributed by atoms with van der Waals surface area (Å²) in [5.41, 5.74) is 0.890. The summed E-state index contributed by atoms with van der Waals surface area (Å²) in [6, 6.07) is 7.15. The monoisotopic (exact) mass is 346 g/mol. The fourth-order valence-electron chi connectivity index (χ4n) is 0.921.